The number of aromatic amines is 8. The van der Waals surface area contributed by atoms with Gasteiger partial charge >= 0.3 is 0 Å². The van der Waals surface area contributed by atoms with E-state index in [0.717, 1.165) is 135 Å². The van der Waals surface area contributed by atoms with Crippen LogP contribution in [0.25, 0.3) is 88.3 Å². The van der Waals surface area contributed by atoms with Crippen LogP contribution in [-0.4, -0.2) is 79.7 Å². The topological polar surface area (TPSA) is 229 Å². The SMILES string of the molecule is CC(C)(C)c1nc2c(Cl)cc(Cl)cc2[nH]1.CC(C)(C)c1nc2c(Cl)cc(Cl)cc2[nH]1.CC(C)c1cc2[nH]c(C(C)(C)C)nc2cc1F.Cc1cc2nc(C(C)(C)C)[nH]c2cc1C.Cc1ccc2nc(C(C)(C)C)[nH]c2c1.Cc1ccc2nc(C(C)(C)C)[nH]c2c1.Cc1ccc2nc(C(C)(C)C)[nH]c2c1.Cc1ccc2nc(C(C)(C)C)[nH]c2c1. The Balaban J connectivity index is 0.000000154. The molecular formula is C97H125Cl4FN16. The lowest BCUT2D eigenvalue weighted by molar-refractivity contribution is 0.554. The lowest BCUT2D eigenvalue weighted by Gasteiger charge is -2.13. The second-order valence-electron chi connectivity index (χ2n) is 39.8. The van der Waals surface area contributed by atoms with Crippen molar-refractivity contribution in [2.24, 2.45) is 0 Å². The molecule has 0 fully saturated rings. The summed E-state index contributed by atoms with van der Waals surface area (Å²) < 4.78 is 13.8. The number of hydrogen-bond acceptors (Lipinski definition) is 8. The summed E-state index contributed by atoms with van der Waals surface area (Å²) in [5, 5.41) is 2.42. The number of fused-ring (bicyclic) bond motifs is 8. The second kappa shape index (κ2) is 35.5. The van der Waals surface area contributed by atoms with Gasteiger partial charge in [-0.1, -0.05) is 251 Å². The molecule has 118 heavy (non-hydrogen) atoms. The number of halogens is 5. The van der Waals surface area contributed by atoms with E-state index < -0.39 is 0 Å². The van der Waals surface area contributed by atoms with E-state index in [1.807, 2.05) is 32.0 Å². The Morgan fingerprint density at radius 2 is 0.475 bits per heavy atom. The summed E-state index contributed by atoms with van der Waals surface area (Å²) in [5.41, 5.74) is 24.7. The predicted molar refractivity (Wildman–Crippen MR) is 501 cm³/mol. The smallest absolute Gasteiger partial charge is 0.128 e. The van der Waals surface area contributed by atoms with E-state index in [4.69, 9.17) is 46.4 Å². The summed E-state index contributed by atoms with van der Waals surface area (Å²) in [7, 11) is 0. The Labute approximate surface area is 717 Å². The Hall–Kier alpha value is -9.39. The van der Waals surface area contributed by atoms with Crippen molar-refractivity contribution in [3.05, 3.63) is 233 Å². The Kier molecular flexibility index (Phi) is 27.8. The first kappa shape index (κ1) is 92.5. The van der Waals surface area contributed by atoms with E-state index in [1.165, 1.54) is 39.4 Å². The van der Waals surface area contributed by atoms with Crippen LogP contribution >= 0.6 is 46.4 Å². The average Bonchev–Trinajstić information content (AvgIpc) is 1.67. The zero-order valence-electron chi connectivity index (χ0n) is 75.6. The van der Waals surface area contributed by atoms with Crippen LogP contribution in [0.2, 0.25) is 20.1 Å². The Morgan fingerprint density at radius 3 is 0.737 bits per heavy atom. The average molecular weight is 1680 g/mol. The Morgan fingerprint density at radius 1 is 0.254 bits per heavy atom. The quantitative estimate of drug-likeness (QED) is 0.0786. The van der Waals surface area contributed by atoms with E-state index >= 15 is 0 Å². The van der Waals surface area contributed by atoms with E-state index in [0.29, 0.717) is 25.6 Å². The van der Waals surface area contributed by atoms with Crippen molar-refractivity contribution in [3.63, 3.8) is 0 Å². The second-order valence-corrected chi connectivity index (χ2v) is 41.5. The summed E-state index contributed by atoms with van der Waals surface area (Å²) in [6, 6.07) is 40.0. The first-order chi connectivity index (χ1) is 54.3. The van der Waals surface area contributed by atoms with Gasteiger partial charge in [0.2, 0.25) is 0 Å². The highest BCUT2D eigenvalue weighted by molar-refractivity contribution is 6.38. The van der Waals surface area contributed by atoms with Gasteiger partial charge in [-0.05, 0) is 177 Å². The molecule has 0 aliphatic carbocycles. The number of imidazole rings is 8. The summed E-state index contributed by atoms with van der Waals surface area (Å²) in [5.74, 6) is 8.02. The van der Waals surface area contributed by atoms with Crippen LogP contribution in [0, 0.1) is 47.4 Å². The van der Waals surface area contributed by atoms with Crippen molar-refractivity contribution in [2.45, 2.75) is 271 Å². The predicted octanol–water partition coefficient (Wildman–Crippen LogP) is 28.6. The van der Waals surface area contributed by atoms with Gasteiger partial charge in [0.1, 0.15) is 63.4 Å². The van der Waals surface area contributed by atoms with Crippen molar-refractivity contribution in [1.29, 1.82) is 0 Å². The van der Waals surface area contributed by atoms with Crippen LogP contribution in [0.4, 0.5) is 4.39 Å². The fourth-order valence-corrected chi connectivity index (χ4v) is 13.3. The molecule has 0 spiro atoms. The molecule has 8 aromatic heterocycles. The molecule has 16 rings (SSSR count). The molecule has 0 saturated heterocycles. The normalized spacial score (nSPS) is 12.4. The number of aromatic nitrogens is 16. The summed E-state index contributed by atoms with van der Waals surface area (Å²) in [4.78, 5) is 62.9. The van der Waals surface area contributed by atoms with Crippen LogP contribution in [0.3, 0.4) is 0 Å². The maximum atomic E-state index is 13.8. The van der Waals surface area contributed by atoms with Crippen LogP contribution in [0.15, 0.2) is 121 Å². The maximum absolute atomic E-state index is 13.8. The number of rotatable bonds is 1. The van der Waals surface area contributed by atoms with Crippen LogP contribution < -0.4 is 0 Å². The number of nitrogens with zero attached hydrogens (tertiary/aromatic N) is 8. The molecule has 0 radical (unpaired) electrons. The number of H-pyrrole nitrogens is 8. The zero-order chi connectivity index (χ0) is 87.8. The minimum Gasteiger partial charge on any atom is -0.342 e. The molecule has 0 saturated carbocycles. The largest absolute Gasteiger partial charge is 0.342 e. The molecule has 0 unspecified atom stereocenters. The minimum atomic E-state index is -0.167. The molecule has 8 N–H and O–H groups in total. The minimum absolute atomic E-state index is 0.0190. The fraction of sp³-hybridized carbons (Fsp3) is 0.423. The highest BCUT2D eigenvalue weighted by Crippen LogP contribution is 2.35. The van der Waals surface area contributed by atoms with Crippen molar-refractivity contribution < 1.29 is 4.39 Å². The molecule has 0 amide bonds. The summed E-state index contributed by atoms with van der Waals surface area (Å²) >= 11 is 23.9. The molecule has 0 bridgehead atoms. The summed E-state index contributed by atoms with van der Waals surface area (Å²) in [6.07, 6.45) is 0. The third-order valence-electron chi connectivity index (χ3n) is 19.6. The van der Waals surface area contributed by atoms with E-state index in [9.17, 15) is 4.39 Å². The molecule has 8 heterocycles. The van der Waals surface area contributed by atoms with Gasteiger partial charge < -0.3 is 39.9 Å². The van der Waals surface area contributed by atoms with Gasteiger partial charge in [0.25, 0.3) is 0 Å². The van der Waals surface area contributed by atoms with Crippen LogP contribution in [-0.2, 0) is 43.3 Å². The third-order valence-corrected chi connectivity index (χ3v) is 20.6. The van der Waals surface area contributed by atoms with Crippen molar-refractivity contribution in [3.8, 4) is 0 Å². The lowest BCUT2D eigenvalue weighted by atomic mass is 9.96. The molecule has 0 atom stereocenters. The van der Waals surface area contributed by atoms with Crippen LogP contribution in [0.1, 0.15) is 271 Å². The highest BCUT2D eigenvalue weighted by atomic mass is 35.5. The van der Waals surface area contributed by atoms with E-state index in [1.54, 1.807) is 12.1 Å². The molecule has 8 aromatic carbocycles. The maximum Gasteiger partial charge on any atom is 0.128 e. The van der Waals surface area contributed by atoms with E-state index in [-0.39, 0.29) is 55.1 Å². The number of nitrogens with one attached hydrogen (secondary N) is 8. The first-order valence-electron chi connectivity index (χ1n) is 40.5. The standard InChI is InChI=1S/C14H19FN2.C13H18N2.4C12H16N2.2C11H12Cl2N2/c1-8(2)9-6-11-12(7-10(9)15)17-13(16-11)14(3,4)5;1-8-6-10-11(7-9(8)2)15-12(14-10)13(3,4)5;4*1-8-5-6-9-10(7-8)14-11(13-9)12(2,3)4;2*1-11(2,3)10-14-8-5-6(12)4-7(13)9(8)15-10/h6-8H,1-5H3,(H,16,17);6-7H,1-5H3,(H,14,15);4*5-7H,1-4H3,(H,13,14);2*4-5H,1-3H3,(H,14,15). The van der Waals surface area contributed by atoms with Crippen molar-refractivity contribution in [2.75, 3.05) is 0 Å². The molecule has 0 aliphatic rings. The van der Waals surface area contributed by atoms with Gasteiger partial charge in [-0.2, -0.15) is 0 Å². The molecule has 628 valence electrons. The van der Waals surface area contributed by atoms with Crippen molar-refractivity contribution >= 4 is 135 Å². The first-order valence-corrected chi connectivity index (χ1v) is 42.0. The zero-order valence-corrected chi connectivity index (χ0v) is 78.6. The molecule has 0 aliphatic heterocycles. The Bertz CT molecular complexity index is 5670. The van der Waals surface area contributed by atoms with Gasteiger partial charge in [-0.25, -0.2) is 44.3 Å². The fourth-order valence-electron chi connectivity index (χ4n) is 12.2. The van der Waals surface area contributed by atoms with Gasteiger partial charge in [0.15, 0.2) is 0 Å². The highest BCUT2D eigenvalue weighted by Gasteiger charge is 2.26. The third kappa shape index (κ3) is 24.0. The van der Waals surface area contributed by atoms with Gasteiger partial charge in [0, 0.05) is 59.4 Å². The molecule has 21 heteroatoms. The lowest BCUT2D eigenvalue weighted by Crippen LogP contribution is -2.12. The number of aryl methyl sites for hydroxylation is 6. The monoisotopic (exact) mass is 1670 g/mol. The number of hydrogen-bond donors (Lipinski definition) is 8. The van der Waals surface area contributed by atoms with Gasteiger partial charge in [-0.3, -0.25) is 0 Å². The molecule has 16 nitrogen and oxygen atoms in total. The summed E-state index contributed by atoms with van der Waals surface area (Å²) in [6.45, 7) is 67.9. The molecule has 16 aromatic rings. The van der Waals surface area contributed by atoms with Gasteiger partial charge in [0.05, 0.1) is 87.3 Å². The number of benzene rings is 8. The molecular weight excluding hydrogens is 1550 g/mol. The van der Waals surface area contributed by atoms with Crippen molar-refractivity contribution in [1.82, 2.24) is 79.7 Å². The van der Waals surface area contributed by atoms with Crippen LogP contribution in [0.5, 0.6) is 0 Å². The van der Waals surface area contributed by atoms with Gasteiger partial charge in [-0.15, -0.1) is 0 Å². The van der Waals surface area contributed by atoms with E-state index in [2.05, 4.69) is 372 Å².